The van der Waals surface area contributed by atoms with E-state index in [0.29, 0.717) is 6.04 Å². The molecule has 2 heteroatoms. The molecule has 0 fully saturated rings. The Kier molecular flexibility index (Phi) is 4.60. The maximum absolute atomic E-state index is 4.11. The minimum atomic E-state index is 0.484. The summed E-state index contributed by atoms with van der Waals surface area (Å²) in [4.78, 5) is 4.11. The molecular weight excluding hydrogens is 172 g/mol. The highest BCUT2D eigenvalue weighted by Crippen LogP contribution is 2.21. The lowest BCUT2D eigenvalue weighted by Gasteiger charge is -2.17. The van der Waals surface area contributed by atoms with E-state index < -0.39 is 0 Å². The van der Waals surface area contributed by atoms with Gasteiger partial charge in [-0.3, -0.25) is 4.98 Å². The van der Waals surface area contributed by atoms with Crippen LogP contribution < -0.4 is 5.32 Å². The third kappa shape index (κ3) is 2.81. The standard InChI is InChI=1S/C12H20N2/c1-4-5-6-12(13-3)11-7-8-14-9-10(11)2/h7-9,12-13H,4-6H2,1-3H3. The Morgan fingerprint density at radius 3 is 2.86 bits per heavy atom. The number of hydrogen-bond donors (Lipinski definition) is 1. The van der Waals surface area contributed by atoms with Crippen LogP contribution in [0.1, 0.15) is 43.4 Å². The second kappa shape index (κ2) is 5.76. The van der Waals surface area contributed by atoms with Crippen molar-refractivity contribution in [1.82, 2.24) is 10.3 Å². The molecule has 0 saturated heterocycles. The zero-order valence-electron chi connectivity index (χ0n) is 9.38. The molecule has 0 spiro atoms. The van der Waals surface area contributed by atoms with Crippen LogP contribution in [0.15, 0.2) is 18.5 Å². The Morgan fingerprint density at radius 2 is 2.29 bits per heavy atom. The number of aryl methyl sites for hydroxylation is 1. The number of aromatic nitrogens is 1. The monoisotopic (exact) mass is 192 g/mol. The Morgan fingerprint density at radius 1 is 1.50 bits per heavy atom. The first-order chi connectivity index (χ1) is 6.79. The van der Waals surface area contributed by atoms with Gasteiger partial charge in [-0.05, 0) is 37.6 Å². The number of nitrogens with one attached hydrogen (secondary N) is 1. The summed E-state index contributed by atoms with van der Waals surface area (Å²) in [6.07, 6.45) is 7.54. The van der Waals surface area contributed by atoms with Gasteiger partial charge in [0.05, 0.1) is 0 Å². The molecule has 1 atom stereocenters. The van der Waals surface area contributed by atoms with Crippen molar-refractivity contribution in [2.45, 2.75) is 39.2 Å². The van der Waals surface area contributed by atoms with E-state index >= 15 is 0 Å². The fraction of sp³-hybridized carbons (Fsp3) is 0.583. The van der Waals surface area contributed by atoms with Crippen molar-refractivity contribution >= 4 is 0 Å². The van der Waals surface area contributed by atoms with Crippen LogP contribution in [0.25, 0.3) is 0 Å². The largest absolute Gasteiger partial charge is 0.313 e. The summed E-state index contributed by atoms with van der Waals surface area (Å²) < 4.78 is 0. The Bertz CT molecular complexity index is 271. The fourth-order valence-corrected chi connectivity index (χ4v) is 1.74. The molecule has 0 radical (unpaired) electrons. The molecule has 1 aromatic rings. The summed E-state index contributed by atoms with van der Waals surface area (Å²) >= 11 is 0. The van der Waals surface area contributed by atoms with Crippen LogP contribution in [0, 0.1) is 6.92 Å². The molecule has 0 bridgehead atoms. The smallest absolute Gasteiger partial charge is 0.0321 e. The van der Waals surface area contributed by atoms with E-state index in [4.69, 9.17) is 0 Å². The van der Waals surface area contributed by atoms with Crippen molar-refractivity contribution in [3.8, 4) is 0 Å². The van der Waals surface area contributed by atoms with Crippen LogP contribution in [-0.2, 0) is 0 Å². The van der Waals surface area contributed by atoms with Crippen molar-refractivity contribution in [3.63, 3.8) is 0 Å². The number of pyridine rings is 1. The molecule has 1 N–H and O–H groups in total. The summed E-state index contributed by atoms with van der Waals surface area (Å²) in [5.41, 5.74) is 2.67. The molecule has 0 aliphatic rings. The van der Waals surface area contributed by atoms with Gasteiger partial charge in [-0.15, -0.1) is 0 Å². The van der Waals surface area contributed by atoms with Gasteiger partial charge in [0.15, 0.2) is 0 Å². The number of rotatable bonds is 5. The lowest BCUT2D eigenvalue weighted by Crippen LogP contribution is -2.17. The van der Waals surface area contributed by atoms with E-state index in [9.17, 15) is 0 Å². The highest BCUT2D eigenvalue weighted by Gasteiger charge is 2.10. The van der Waals surface area contributed by atoms with Gasteiger partial charge in [0.1, 0.15) is 0 Å². The zero-order valence-corrected chi connectivity index (χ0v) is 9.38. The van der Waals surface area contributed by atoms with E-state index in [-0.39, 0.29) is 0 Å². The van der Waals surface area contributed by atoms with Gasteiger partial charge in [-0.1, -0.05) is 19.8 Å². The first-order valence-electron chi connectivity index (χ1n) is 5.37. The second-order valence-corrected chi connectivity index (χ2v) is 3.72. The van der Waals surface area contributed by atoms with E-state index in [1.165, 1.54) is 30.4 Å². The maximum atomic E-state index is 4.11. The van der Waals surface area contributed by atoms with Crippen LogP contribution in [0.5, 0.6) is 0 Å². The first kappa shape index (κ1) is 11.2. The van der Waals surface area contributed by atoms with Crippen LogP contribution in [0.3, 0.4) is 0 Å². The summed E-state index contributed by atoms with van der Waals surface area (Å²) in [7, 11) is 2.03. The summed E-state index contributed by atoms with van der Waals surface area (Å²) in [6, 6.07) is 2.60. The highest BCUT2D eigenvalue weighted by molar-refractivity contribution is 5.25. The number of unbranched alkanes of at least 4 members (excludes halogenated alkanes) is 1. The minimum absolute atomic E-state index is 0.484. The molecule has 1 unspecified atom stereocenters. The first-order valence-corrected chi connectivity index (χ1v) is 5.37. The van der Waals surface area contributed by atoms with Crippen molar-refractivity contribution in [2.75, 3.05) is 7.05 Å². The van der Waals surface area contributed by atoms with Gasteiger partial charge in [0.25, 0.3) is 0 Å². The summed E-state index contributed by atoms with van der Waals surface area (Å²) in [5, 5.41) is 3.37. The van der Waals surface area contributed by atoms with Crippen molar-refractivity contribution in [2.24, 2.45) is 0 Å². The van der Waals surface area contributed by atoms with Gasteiger partial charge >= 0.3 is 0 Å². The highest BCUT2D eigenvalue weighted by atomic mass is 14.9. The lowest BCUT2D eigenvalue weighted by atomic mass is 9.99. The van der Waals surface area contributed by atoms with Gasteiger partial charge < -0.3 is 5.32 Å². The van der Waals surface area contributed by atoms with E-state index in [2.05, 4.69) is 30.2 Å². The molecule has 78 valence electrons. The van der Waals surface area contributed by atoms with Crippen molar-refractivity contribution < 1.29 is 0 Å². The Hall–Kier alpha value is -0.890. The maximum Gasteiger partial charge on any atom is 0.0321 e. The molecule has 0 aliphatic carbocycles. The molecule has 0 aromatic carbocycles. The van der Waals surface area contributed by atoms with Crippen molar-refractivity contribution in [1.29, 1.82) is 0 Å². The van der Waals surface area contributed by atoms with Crippen LogP contribution >= 0.6 is 0 Å². The quantitative estimate of drug-likeness (QED) is 0.776. The van der Waals surface area contributed by atoms with E-state index in [1.54, 1.807) is 0 Å². The molecule has 0 saturated carbocycles. The van der Waals surface area contributed by atoms with Crippen LogP contribution in [0.2, 0.25) is 0 Å². The fourth-order valence-electron chi connectivity index (χ4n) is 1.74. The predicted octanol–water partition coefficient (Wildman–Crippen LogP) is 2.84. The molecule has 1 aromatic heterocycles. The van der Waals surface area contributed by atoms with Gasteiger partial charge in [0.2, 0.25) is 0 Å². The molecule has 14 heavy (non-hydrogen) atoms. The molecule has 1 rings (SSSR count). The number of hydrogen-bond acceptors (Lipinski definition) is 2. The Labute approximate surface area is 86.8 Å². The van der Waals surface area contributed by atoms with Gasteiger partial charge in [-0.2, -0.15) is 0 Å². The van der Waals surface area contributed by atoms with Crippen molar-refractivity contribution in [3.05, 3.63) is 29.6 Å². The second-order valence-electron chi connectivity index (χ2n) is 3.72. The van der Waals surface area contributed by atoms with E-state index in [0.717, 1.165) is 0 Å². The predicted molar refractivity (Wildman–Crippen MR) is 60.3 cm³/mol. The zero-order chi connectivity index (χ0) is 10.4. The lowest BCUT2D eigenvalue weighted by molar-refractivity contribution is 0.520. The molecule has 0 amide bonds. The van der Waals surface area contributed by atoms with Crippen LogP contribution in [-0.4, -0.2) is 12.0 Å². The SMILES string of the molecule is CCCCC(NC)c1ccncc1C. The molecule has 0 aliphatic heterocycles. The van der Waals surface area contributed by atoms with Gasteiger partial charge in [0, 0.05) is 18.4 Å². The summed E-state index contributed by atoms with van der Waals surface area (Å²) in [5.74, 6) is 0. The minimum Gasteiger partial charge on any atom is -0.313 e. The van der Waals surface area contributed by atoms with E-state index in [1.807, 2.05) is 19.4 Å². The van der Waals surface area contributed by atoms with Crippen LogP contribution in [0.4, 0.5) is 0 Å². The third-order valence-electron chi connectivity index (χ3n) is 2.63. The van der Waals surface area contributed by atoms with Gasteiger partial charge in [-0.25, -0.2) is 0 Å². The Balaban J connectivity index is 2.73. The average molecular weight is 192 g/mol. The molecular formula is C12H20N2. The topological polar surface area (TPSA) is 24.9 Å². The molecule has 1 heterocycles. The average Bonchev–Trinajstić information content (AvgIpc) is 2.21. The third-order valence-corrected chi connectivity index (χ3v) is 2.63. The summed E-state index contributed by atoms with van der Waals surface area (Å²) in [6.45, 7) is 4.35. The normalized spacial score (nSPS) is 12.8. The number of nitrogens with zero attached hydrogens (tertiary/aromatic N) is 1. The molecule has 2 nitrogen and oxygen atoms in total.